The Kier molecular flexibility index (Phi) is 3.86. The molecule has 0 radical (unpaired) electrons. The van der Waals surface area contributed by atoms with E-state index in [1.807, 2.05) is 18.2 Å². The zero-order valence-corrected chi connectivity index (χ0v) is 17.8. The second kappa shape index (κ2) is 6.30. The van der Waals surface area contributed by atoms with Crippen LogP contribution in [0.5, 0.6) is 17.2 Å². The van der Waals surface area contributed by atoms with Gasteiger partial charge in [0.05, 0.1) is 5.69 Å². The van der Waals surface area contributed by atoms with E-state index in [0.717, 1.165) is 35.8 Å². The molecule has 0 amide bonds. The molecule has 0 aromatic heterocycles. The molecule has 5 nitrogen and oxygen atoms in total. The van der Waals surface area contributed by atoms with Gasteiger partial charge in [-0.05, 0) is 80.1 Å². The summed E-state index contributed by atoms with van der Waals surface area (Å²) in [6, 6.07) is 10.6. The first-order valence-corrected chi connectivity index (χ1v) is 11.2. The Hall–Kier alpha value is -2.40. The minimum atomic E-state index is 0.199. The summed E-state index contributed by atoms with van der Waals surface area (Å²) < 4.78 is 10.9. The maximum absolute atomic E-state index is 11.0. The number of hydrogen-bond acceptors (Lipinski definition) is 5. The Bertz CT molecular complexity index is 1020. The summed E-state index contributed by atoms with van der Waals surface area (Å²) in [5, 5.41) is 14.4. The Morgan fingerprint density at radius 3 is 2.80 bits per heavy atom. The van der Waals surface area contributed by atoms with Crippen molar-refractivity contribution in [2.75, 3.05) is 25.7 Å². The minimum absolute atomic E-state index is 0.199. The highest BCUT2D eigenvalue weighted by Crippen LogP contribution is 2.63. The topological polar surface area (TPSA) is 54.0 Å². The van der Waals surface area contributed by atoms with Crippen LogP contribution in [0.3, 0.4) is 0 Å². The molecule has 2 fully saturated rings. The number of piperidine rings is 1. The SMILES string of the molecule is CN1CC[C@@]23CCCC[C@]2(C)[C@@H]1Cc1cc(Nc2ccc4c(c2)OCO4)c(O)cc13. The van der Waals surface area contributed by atoms with Crippen LogP contribution in [-0.2, 0) is 11.8 Å². The number of benzene rings is 2. The molecule has 2 heterocycles. The zero-order valence-electron chi connectivity index (χ0n) is 17.8. The van der Waals surface area contributed by atoms with E-state index < -0.39 is 0 Å². The lowest BCUT2D eigenvalue weighted by molar-refractivity contribution is -0.0735. The molecule has 2 N–H and O–H groups in total. The van der Waals surface area contributed by atoms with E-state index in [1.165, 1.54) is 43.2 Å². The highest BCUT2D eigenvalue weighted by atomic mass is 16.7. The van der Waals surface area contributed by atoms with E-state index in [9.17, 15) is 5.11 Å². The fraction of sp³-hybridized carbons (Fsp3) is 0.520. The first-order valence-electron chi connectivity index (χ1n) is 11.2. The highest BCUT2D eigenvalue weighted by molar-refractivity contribution is 5.71. The summed E-state index contributed by atoms with van der Waals surface area (Å²) in [5.41, 5.74) is 4.96. The molecule has 1 saturated heterocycles. The van der Waals surface area contributed by atoms with E-state index in [2.05, 4.69) is 36.3 Å². The van der Waals surface area contributed by atoms with E-state index in [4.69, 9.17) is 9.47 Å². The van der Waals surface area contributed by atoms with Gasteiger partial charge in [-0.3, -0.25) is 0 Å². The second-order valence-corrected chi connectivity index (χ2v) is 9.88. The van der Waals surface area contributed by atoms with Crippen LogP contribution in [-0.4, -0.2) is 36.4 Å². The van der Waals surface area contributed by atoms with Crippen molar-refractivity contribution in [3.05, 3.63) is 41.5 Å². The number of aromatic hydroxyl groups is 1. The third-order valence-corrected chi connectivity index (χ3v) is 8.60. The lowest BCUT2D eigenvalue weighted by Gasteiger charge is -2.65. The highest BCUT2D eigenvalue weighted by Gasteiger charge is 2.60. The van der Waals surface area contributed by atoms with Gasteiger partial charge in [-0.2, -0.15) is 0 Å². The quantitative estimate of drug-likeness (QED) is 0.692. The van der Waals surface area contributed by atoms with Crippen molar-refractivity contribution in [3.63, 3.8) is 0 Å². The van der Waals surface area contributed by atoms with Gasteiger partial charge < -0.3 is 24.8 Å². The zero-order chi connectivity index (χ0) is 20.5. The molecule has 6 rings (SSSR count). The van der Waals surface area contributed by atoms with Crippen LogP contribution in [0.15, 0.2) is 30.3 Å². The van der Waals surface area contributed by atoms with Crippen LogP contribution < -0.4 is 14.8 Å². The first kappa shape index (κ1) is 18.4. The molecule has 158 valence electrons. The van der Waals surface area contributed by atoms with E-state index in [1.54, 1.807) is 0 Å². The lowest BCUT2D eigenvalue weighted by atomic mass is 9.45. The lowest BCUT2D eigenvalue weighted by Crippen LogP contribution is -2.66. The number of phenols is 1. The number of likely N-dealkylation sites (tertiary alicyclic amines) is 1. The number of fused-ring (bicyclic) bond motifs is 2. The number of phenolic OH excluding ortho intramolecular Hbond substituents is 1. The molecule has 2 aliphatic carbocycles. The summed E-state index contributed by atoms with van der Waals surface area (Å²) >= 11 is 0. The predicted octanol–water partition coefficient (Wildman–Crippen LogP) is 4.94. The van der Waals surface area contributed by atoms with Gasteiger partial charge in [0.2, 0.25) is 6.79 Å². The van der Waals surface area contributed by atoms with Gasteiger partial charge >= 0.3 is 0 Å². The second-order valence-electron chi connectivity index (χ2n) is 9.88. The Labute approximate surface area is 178 Å². The maximum Gasteiger partial charge on any atom is 0.231 e. The van der Waals surface area contributed by atoms with E-state index >= 15 is 0 Å². The first-order chi connectivity index (χ1) is 14.5. The van der Waals surface area contributed by atoms with Crippen LogP contribution in [0.25, 0.3) is 0 Å². The molecule has 2 aromatic rings. The van der Waals surface area contributed by atoms with Gasteiger partial charge in [-0.25, -0.2) is 0 Å². The molecule has 30 heavy (non-hydrogen) atoms. The van der Waals surface area contributed by atoms with Crippen molar-refractivity contribution in [3.8, 4) is 17.2 Å². The molecule has 4 aliphatic rings. The number of anilines is 2. The number of nitrogens with zero attached hydrogens (tertiary/aromatic N) is 1. The molecule has 5 heteroatoms. The summed E-state index contributed by atoms with van der Waals surface area (Å²) in [7, 11) is 2.30. The predicted molar refractivity (Wildman–Crippen MR) is 117 cm³/mol. The van der Waals surface area contributed by atoms with Gasteiger partial charge in [0.15, 0.2) is 11.5 Å². The largest absolute Gasteiger partial charge is 0.506 e. The Morgan fingerprint density at radius 1 is 1.07 bits per heavy atom. The number of likely N-dealkylation sites (N-methyl/N-ethyl adjacent to an activating group) is 1. The smallest absolute Gasteiger partial charge is 0.231 e. The molecule has 0 unspecified atom stereocenters. The van der Waals surface area contributed by atoms with E-state index in [-0.39, 0.29) is 12.2 Å². The van der Waals surface area contributed by atoms with Crippen molar-refractivity contribution < 1.29 is 14.6 Å². The number of hydrogen-bond donors (Lipinski definition) is 2. The van der Waals surface area contributed by atoms with Crippen molar-refractivity contribution in [1.29, 1.82) is 0 Å². The minimum Gasteiger partial charge on any atom is -0.506 e. The third-order valence-electron chi connectivity index (χ3n) is 8.60. The summed E-state index contributed by atoms with van der Waals surface area (Å²) in [4.78, 5) is 2.59. The Balaban J connectivity index is 1.41. The third kappa shape index (κ3) is 2.38. The van der Waals surface area contributed by atoms with E-state index in [0.29, 0.717) is 17.2 Å². The summed E-state index contributed by atoms with van der Waals surface area (Å²) in [6.07, 6.45) is 7.41. The molecule has 2 aliphatic heterocycles. The summed E-state index contributed by atoms with van der Waals surface area (Å²) in [5.74, 6) is 1.85. The standard InChI is InChI=1S/C25H30N2O3/c1-24-7-3-4-8-25(24)9-10-27(2)23(24)12-16-11-19(20(28)14-18(16)25)26-17-5-6-21-22(13-17)30-15-29-21/h5-6,11,13-14,23,26,28H,3-4,7-10,12,15H2,1-2H3/t23-,24+,25+/m0/s1. The number of ether oxygens (including phenoxy) is 2. The van der Waals surface area contributed by atoms with Crippen LogP contribution in [0.1, 0.15) is 50.2 Å². The molecule has 2 aromatic carbocycles. The average Bonchev–Trinajstić information content (AvgIpc) is 3.20. The van der Waals surface area contributed by atoms with Gasteiger partial charge in [-0.1, -0.05) is 19.8 Å². The molecule has 1 saturated carbocycles. The van der Waals surface area contributed by atoms with Gasteiger partial charge in [0.25, 0.3) is 0 Å². The van der Waals surface area contributed by atoms with Crippen molar-refractivity contribution in [2.45, 2.75) is 56.9 Å². The molecular formula is C25H30N2O3. The average molecular weight is 407 g/mol. The number of rotatable bonds is 2. The van der Waals surface area contributed by atoms with Crippen molar-refractivity contribution in [1.82, 2.24) is 4.90 Å². The van der Waals surface area contributed by atoms with Crippen molar-refractivity contribution >= 4 is 11.4 Å². The van der Waals surface area contributed by atoms with Crippen molar-refractivity contribution in [2.24, 2.45) is 5.41 Å². The molecular weight excluding hydrogens is 376 g/mol. The maximum atomic E-state index is 11.0. The van der Waals surface area contributed by atoms with Crippen LogP contribution in [0.4, 0.5) is 11.4 Å². The van der Waals surface area contributed by atoms with Crippen LogP contribution in [0, 0.1) is 5.41 Å². The molecule has 3 atom stereocenters. The number of nitrogens with one attached hydrogen (secondary N) is 1. The fourth-order valence-corrected chi connectivity index (χ4v) is 6.99. The molecule has 2 bridgehead atoms. The van der Waals surface area contributed by atoms with Gasteiger partial charge in [0.1, 0.15) is 5.75 Å². The van der Waals surface area contributed by atoms with Gasteiger partial charge in [-0.15, -0.1) is 0 Å². The Morgan fingerprint density at radius 2 is 1.90 bits per heavy atom. The van der Waals surface area contributed by atoms with Crippen LogP contribution >= 0.6 is 0 Å². The summed E-state index contributed by atoms with van der Waals surface area (Å²) in [6.45, 7) is 3.93. The monoisotopic (exact) mass is 406 g/mol. The fourth-order valence-electron chi connectivity index (χ4n) is 6.99. The normalized spacial score (nSPS) is 31.7. The van der Waals surface area contributed by atoms with Crippen LogP contribution in [0.2, 0.25) is 0 Å². The molecule has 0 spiro atoms. The van der Waals surface area contributed by atoms with Gasteiger partial charge in [0, 0.05) is 23.2 Å².